The van der Waals surface area contributed by atoms with Gasteiger partial charge in [-0.2, -0.15) is 0 Å². The predicted octanol–water partition coefficient (Wildman–Crippen LogP) is 2.00. The fourth-order valence-corrected chi connectivity index (χ4v) is 2.27. The van der Waals surface area contributed by atoms with E-state index in [4.69, 9.17) is 5.73 Å². The van der Waals surface area contributed by atoms with Crippen molar-refractivity contribution in [3.63, 3.8) is 0 Å². The Labute approximate surface area is 120 Å². The van der Waals surface area contributed by atoms with Gasteiger partial charge in [0.1, 0.15) is 5.75 Å². The van der Waals surface area contributed by atoms with Gasteiger partial charge in [-0.1, -0.05) is 12.1 Å². The summed E-state index contributed by atoms with van der Waals surface area (Å²) in [4.78, 5) is 2.16. The van der Waals surface area contributed by atoms with Gasteiger partial charge in [-0.15, -0.1) is 0 Å². The Morgan fingerprint density at radius 1 is 1.20 bits per heavy atom. The predicted molar refractivity (Wildman–Crippen MR) is 81.7 cm³/mol. The van der Waals surface area contributed by atoms with Crippen LogP contribution in [0.15, 0.2) is 42.6 Å². The van der Waals surface area contributed by atoms with E-state index in [1.807, 2.05) is 18.2 Å². The zero-order valence-corrected chi connectivity index (χ0v) is 12.2. The normalized spacial score (nSPS) is 12.8. The third kappa shape index (κ3) is 3.85. The van der Waals surface area contributed by atoms with Gasteiger partial charge in [0, 0.05) is 31.0 Å². The number of hydrogen-bond acceptors (Lipinski definition) is 3. The van der Waals surface area contributed by atoms with E-state index in [9.17, 15) is 5.11 Å². The van der Waals surface area contributed by atoms with Crippen LogP contribution in [0.2, 0.25) is 0 Å². The molecule has 1 aromatic heterocycles. The summed E-state index contributed by atoms with van der Waals surface area (Å²) in [7, 11) is 4.14. The molecule has 20 heavy (non-hydrogen) atoms. The van der Waals surface area contributed by atoms with Gasteiger partial charge >= 0.3 is 0 Å². The first-order valence-corrected chi connectivity index (χ1v) is 6.89. The lowest BCUT2D eigenvalue weighted by molar-refractivity contribution is 0.379. The number of nitrogens with zero attached hydrogens (tertiary/aromatic N) is 2. The van der Waals surface area contributed by atoms with Crippen molar-refractivity contribution in [2.24, 2.45) is 5.73 Å². The molecule has 0 aliphatic rings. The van der Waals surface area contributed by atoms with Gasteiger partial charge in [0.2, 0.25) is 0 Å². The van der Waals surface area contributed by atoms with Crippen molar-refractivity contribution in [1.29, 1.82) is 0 Å². The van der Waals surface area contributed by atoms with Crippen LogP contribution < -0.4 is 5.73 Å². The van der Waals surface area contributed by atoms with Crippen LogP contribution in [0.1, 0.15) is 17.3 Å². The summed E-state index contributed by atoms with van der Waals surface area (Å²) >= 11 is 0. The highest BCUT2D eigenvalue weighted by Crippen LogP contribution is 2.18. The van der Waals surface area contributed by atoms with Crippen LogP contribution in [-0.4, -0.2) is 35.2 Å². The largest absolute Gasteiger partial charge is 0.508 e. The fourth-order valence-electron chi connectivity index (χ4n) is 2.27. The maximum Gasteiger partial charge on any atom is 0.115 e. The molecule has 0 saturated heterocycles. The van der Waals surface area contributed by atoms with Crippen LogP contribution in [0.4, 0.5) is 0 Å². The number of phenols is 1. The van der Waals surface area contributed by atoms with Crippen LogP contribution in [0.5, 0.6) is 5.75 Å². The van der Waals surface area contributed by atoms with E-state index in [2.05, 4.69) is 35.8 Å². The van der Waals surface area contributed by atoms with E-state index >= 15 is 0 Å². The highest BCUT2D eigenvalue weighted by atomic mass is 16.3. The molecule has 0 spiro atoms. The first kappa shape index (κ1) is 14.6. The van der Waals surface area contributed by atoms with Crippen LogP contribution in [-0.2, 0) is 13.0 Å². The van der Waals surface area contributed by atoms with Crippen LogP contribution in [0.25, 0.3) is 0 Å². The molecule has 0 radical (unpaired) electrons. The second kappa shape index (κ2) is 6.59. The molecule has 0 saturated carbocycles. The molecule has 3 N–H and O–H groups in total. The molecule has 0 fully saturated rings. The number of nitrogens with two attached hydrogens (primary N) is 1. The maximum atomic E-state index is 9.30. The molecule has 108 valence electrons. The Morgan fingerprint density at radius 2 is 1.90 bits per heavy atom. The number of benzene rings is 1. The molecule has 0 aliphatic carbocycles. The van der Waals surface area contributed by atoms with Crippen molar-refractivity contribution in [2.75, 3.05) is 20.6 Å². The van der Waals surface area contributed by atoms with Gasteiger partial charge in [0.15, 0.2) is 0 Å². The molecule has 2 aromatic rings. The highest BCUT2D eigenvalue weighted by Gasteiger charge is 2.11. The molecular formula is C16H23N3O. The maximum absolute atomic E-state index is 9.30. The van der Waals surface area contributed by atoms with E-state index in [1.54, 1.807) is 12.1 Å². The Bertz CT molecular complexity index is 531. The number of rotatable bonds is 6. The minimum atomic E-state index is -0.0308. The lowest BCUT2D eigenvalue weighted by atomic mass is 10.0. The molecule has 0 amide bonds. The molecule has 4 nitrogen and oxygen atoms in total. The number of aromatic hydroxyl groups is 1. The van der Waals surface area contributed by atoms with Crippen molar-refractivity contribution in [3.05, 3.63) is 53.9 Å². The van der Waals surface area contributed by atoms with E-state index in [0.717, 1.165) is 30.8 Å². The smallest absolute Gasteiger partial charge is 0.115 e. The lowest BCUT2D eigenvalue weighted by Crippen LogP contribution is -2.22. The summed E-state index contributed by atoms with van der Waals surface area (Å²) in [6.45, 7) is 1.94. The Kier molecular flexibility index (Phi) is 4.82. The van der Waals surface area contributed by atoms with E-state index < -0.39 is 0 Å². The molecule has 0 aliphatic heterocycles. The van der Waals surface area contributed by atoms with E-state index in [-0.39, 0.29) is 11.8 Å². The van der Waals surface area contributed by atoms with Crippen molar-refractivity contribution >= 4 is 0 Å². The van der Waals surface area contributed by atoms with Gasteiger partial charge in [-0.25, -0.2) is 0 Å². The van der Waals surface area contributed by atoms with E-state index in [0.29, 0.717) is 0 Å². The molecule has 2 rings (SSSR count). The number of hydrogen-bond donors (Lipinski definition) is 2. The number of likely N-dealkylation sites (N-methyl/N-ethyl adjacent to an activating group) is 1. The van der Waals surface area contributed by atoms with Crippen LogP contribution in [0, 0.1) is 0 Å². The quantitative estimate of drug-likeness (QED) is 0.846. The molecular weight excluding hydrogens is 250 g/mol. The van der Waals surface area contributed by atoms with Crippen molar-refractivity contribution < 1.29 is 5.11 Å². The minimum absolute atomic E-state index is 0.0308. The lowest BCUT2D eigenvalue weighted by Gasteiger charge is -2.17. The van der Waals surface area contributed by atoms with Crippen molar-refractivity contribution in [1.82, 2.24) is 9.47 Å². The molecule has 1 atom stereocenters. The minimum Gasteiger partial charge on any atom is -0.508 e. The van der Waals surface area contributed by atoms with Crippen molar-refractivity contribution in [3.8, 4) is 5.75 Å². The summed E-state index contributed by atoms with van der Waals surface area (Å²) in [5, 5.41) is 9.30. The standard InChI is InChI=1S/C16H23N3O/c1-18(2)10-11-19-9-3-4-16(19)15(17)12-13-5-7-14(20)8-6-13/h3-9,15,20H,10-12,17H2,1-2H3. The summed E-state index contributed by atoms with van der Waals surface area (Å²) in [6.07, 6.45) is 2.85. The molecule has 1 unspecified atom stereocenters. The second-order valence-electron chi connectivity index (χ2n) is 5.41. The van der Waals surface area contributed by atoms with Gasteiger partial charge in [-0.3, -0.25) is 0 Å². The first-order valence-electron chi connectivity index (χ1n) is 6.89. The highest BCUT2D eigenvalue weighted by molar-refractivity contribution is 5.27. The fraction of sp³-hybridized carbons (Fsp3) is 0.375. The second-order valence-corrected chi connectivity index (χ2v) is 5.41. The zero-order chi connectivity index (χ0) is 14.5. The number of phenolic OH excluding ortho intramolecular Hbond substituents is 1. The number of aromatic nitrogens is 1. The van der Waals surface area contributed by atoms with Crippen molar-refractivity contribution in [2.45, 2.75) is 19.0 Å². The average Bonchev–Trinajstić information content (AvgIpc) is 2.87. The monoisotopic (exact) mass is 273 g/mol. The first-order chi connectivity index (χ1) is 9.56. The molecule has 0 bridgehead atoms. The topological polar surface area (TPSA) is 54.4 Å². The summed E-state index contributed by atoms with van der Waals surface area (Å²) in [6, 6.07) is 11.3. The SMILES string of the molecule is CN(C)CCn1cccc1C(N)Cc1ccc(O)cc1. The third-order valence-electron chi connectivity index (χ3n) is 3.42. The van der Waals surface area contributed by atoms with Gasteiger partial charge < -0.3 is 20.3 Å². The van der Waals surface area contributed by atoms with Crippen LogP contribution >= 0.6 is 0 Å². The zero-order valence-electron chi connectivity index (χ0n) is 12.2. The summed E-state index contributed by atoms with van der Waals surface area (Å²) < 4.78 is 2.21. The molecule has 1 heterocycles. The Balaban J connectivity index is 2.03. The van der Waals surface area contributed by atoms with Gasteiger partial charge in [0.25, 0.3) is 0 Å². The Hall–Kier alpha value is -1.78. The van der Waals surface area contributed by atoms with Gasteiger partial charge in [-0.05, 0) is 50.3 Å². The Morgan fingerprint density at radius 3 is 2.55 bits per heavy atom. The van der Waals surface area contributed by atoms with Gasteiger partial charge in [0.05, 0.1) is 0 Å². The summed E-state index contributed by atoms with van der Waals surface area (Å²) in [5.74, 6) is 0.289. The van der Waals surface area contributed by atoms with E-state index in [1.165, 1.54) is 0 Å². The van der Waals surface area contributed by atoms with Crippen LogP contribution in [0.3, 0.4) is 0 Å². The summed E-state index contributed by atoms with van der Waals surface area (Å²) in [5.41, 5.74) is 8.61. The molecule has 4 heteroatoms. The third-order valence-corrected chi connectivity index (χ3v) is 3.42. The average molecular weight is 273 g/mol. The molecule has 1 aromatic carbocycles.